The van der Waals surface area contributed by atoms with Gasteiger partial charge in [0.1, 0.15) is 0 Å². The third-order valence-corrected chi connectivity index (χ3v) is 5.75. The molecule has 2 N–H and O–H groups in total. The molecule has 6 heteroatoms. The standard InChI is InChI=1S/C18H33N5S/c1-4-16-8-6-7-12-23(16)13-11-21-18(19-3)20-10-9-15-14-24-17(5-2)22-15/h14,16H,4-13H2,1-3H3,(H2,19,20,21). The Morgan fingerprint density at radius 1 is 1.33 bits per heavy atom. The number of hydrogen-bond acceptors (Lipinski definition) is 4. The summed E-state index contributed by atoms with van der Waals surface area (Å²) in [4.78, 5) is 11.6. The number of rotatable bonds is 8. The van der Waals surface area contributed by atoms with E-state index in [1.807, 2.05) is 7.05 Å². The number of nitrogens with one attached hydrogen (secondary N) is 2. The fourth-order valence-electron chi connectivity index (χ4n) is 3.29. The van der Waals surface area contributed by atoms with Gasteiger partial charge in [0.05, 0.1) is 10.7 Å². The van der Waals surface area contributed by atoms with Gasteiger partial charge in [-0.25, -0.2) is 4.98 Å². The van der Waals surface area contributed by atoms with Crippen molar-refractivity contribution in [2.75, 3.05) is 33.2 Å². The van der Waals surface area contributed by atoms with Crippen LogP contribution in [0.15, 0.2) is 10.4 Å². The fraction of sp³-hybridized carbons (Fsp3) is 0.778. The van der Waals surface area contributed by atoms with Crippen LogP contribution < -0.4 is 10.6 Å². The topological polar surface area (TPSA) is 52.6 Å². The zero-order valence-electron chi connectivity index (χ0n) is 15.5. The monoisotopic (exact) mass is 351 g/mol. The van der Waals surface area contributed by atoms with E-state index < -0.39 is 0 Å². The molecule has 0 amide bonds. The van der Waals surface area contributed by atoms with Crippen LogP contribution in [0.5, 0.6) is 0 Å². The molecule has 0 aliphatic carbocycles. The van der Waals surface area contributed by atoms with Gasteiger partial charge in [-0.05, 0) is 32.2 Å². The molecule has 1 aromatic rings. The molecule has 0 bridgehead atoms. The Balaban J connectivity index is 1.64. The van der Waals surface area contributed by atoms with Crippen LogP contribution in [0.3, 0.4) is 0 Å². The van der Waals surface area contributed by atoms with Crippen molar-refractivity contribution in [3.8, 4) is 0 Å². The molecule has 5 nitrogen and oxygen atoms in total. The Hall–Kier alpha value is -1.14. The van der Waals surface area contributed by atoms with Crippen LogP contribution in [0.25, 0.3) is 0 Å². The van der Waals surface area contributed by atoms with Crippen LogP contribution in [0.4, 0.5) is 0 Å². The molecule has 1 fully saturated rings. The number of likely N-dealkylation sites (tertiary alicyclic amines) is 1. The first-order valence-corrected chi connectivity index (χ1v) is 10.3. The number of thiazole rings is 1. The van der Waals surface area contributed by atoms with Gasteiger partial charge in [-0.2, -0.15) is 0 Å². The average Bonchev–Trinajstić information content (AvgIpc) is 3.08. The van der Waals surface area contributed by atoms with Crippen LogP contribution in [0, 0.1) is 0 Å². The Bertz CT molecular complexity index is 499. The lowest BCUT2D eigenvalue weighted by Crippen LogP contribution is -2.46. The van der Waals surface area contributed by atoms with Crippen molar-refractivity contribution in [3.63, 3.8) is 0 Å². The van der Waals surface area contributed by atoms with E-state index in [0.717, 1.165) is 44.5 Å². The molecule has 0 radical (unpaired) electrons. The van der Waals surface area contributed by atoms with E-state index in [2.05, 4.69) is 44.7 Å². The normalized spacial score (nSPS) is 19.5. The Morgan fingerprint density at radius 3 is 2.88 bits per heavy atom. The minimum Gasteiger partial charge on any atom is -0.356 e. The highest BCUT2D eigenvalue weighted by Crippen LogP contribution is 2.18. The van der Waals surface area contributed by atoms with Gasteiger partial charge in [0.25, 0.3) is 0 Å². The molecule has 2 rings (SSSR count). The number of guanidine groups is 1. The van der Waals surface area contributed by atoms with Crippen molar-refractivity contribution in [1.29, 1.82) is 0 Å². The number of piperidine rings is 1. The van der Waals surface area contributed by atoms with Gasteiger partial charge in [-0.3, -0.25) is 9.89 Å². The molecular formula is C18H33N5S. The van der Waals surface area contributed by atoms with Crippen molar-refractivity contribution < 1.29 is 0 Å². The van der Waals surface area contributed by atoms with Gasteiger partial charge in [-0.15, -0.1) is 11.3 Å². The second-order valence-electron chi connectivity index (χ2n) is 6.36. The predicted octanol–water partition coefficient (Wildman–Crippen LogP) is 2.68. The lowest BCUT2D eigenvalue weighted by molar-refractivity contribution is 0.147. The largest absolute Gasteiger partial charge is 0.356 e. The highest BCUT2D eigenvalue weighted by atomic mass is 32.1. The van der Waals surface area contributed by atoms with Crippen molar-refractivity contribution in [2.45, 2.75) is 58.4 Å². The highest BCUT2D eigenvalue weighted by molar-refractivity contribution is 7.09. The summed E-state index contributed by atoms with van der Waals surface area (Å²) in [6.45, 7) is 8.62. The lowest BCUT2D eigenvalue weighted by Gasteiger charge is -2.35. The van der Waals surface area contributed by atoms with Gasteiger partial charge in [0.15, 0.2) is 5.96 Å². The van der Waals surface area contributed by atoms with E-state index in [1.54, 1.807) is 11.3 Å². The summed E-state index contributed by atoms with van der Waals surface area (Å²) in [6.07, 6.45) is 7.33. The summed E-state index contributed by atoms with van der Waals surface area (Å²) in [6, 6.07) is 0.771. The van der Waals surface area contributed by atoms with E-state index in [0.29, 0.717) is 0 Å². The lowest BCUT2D eigenvalue weighted by atomic mass is 10.0. The summed E-state index contributed by atoms with van der Waals surface area (Å²) in [5, 5.41) is 10.2. The minimum atomic E-state index is 0.771. The molecule has 0 aromatic carbocycles. The predicted molar refractivity (Wildman–Crippen MR) is 104 cm³/mol. The third kappa shape index (κ3) is 6.06. The molecule has 0 saturated carbocycles. The van der Waals surface area contributed by atoms with E-state index in [4.69, 9.17) is 0 Å². The van der Waals surface area contributed by atoms with E-state index in [9.17, 15) is 0 Å². The Kier molecular flexibility index (Phi) is 8.53. The molecule has 24 heavy (non-hydrogen) atoms. The number of aromatic nitrogens is 1. The maximum absolute atomic E-state index is 4.60. The minimum absolute atomic E-state index is 0.771. The second kappa shape index (κ2) is 10.7. The molecule has 1 aliphatic heterocycles. The SMILES string of the molecule is CCc1nc(CCNC(=NC)NCCN2CCCCC2CC)cs1. The van der Waals surface area contributed by atoms with Crippen molar-refractivity contribution in [2.24, 2.45) is 4.99 Å². The van der Waals surface area contributed by atoms with Crippen molar-refractivity contribution >= 4 is 17.3 Å². The van der Waals surface area contributed by atoms with Crippen LogP contribution in [-0.2, 0) is 12.8 Å². The molecular weight excluding hydrogens is 318 g/mol. The average molecular weight is 352 g/mol. The zero-order chi connectivity index (χ0) is 17.2. The summed E-state index contributed by atoms with van der Waals surface area (Å²) < 4.78 is 0. The summed E-state index contributed by atoms with van der Waals surface area (Å²) in [5.74, 6) is 0.894. The number of aliphatic imine (C=N–C) groups is 1. The first kappa shape index (κ1) is 19.2. The summed E-state index contributed by atoms with van der Waals surface area (Å²) >= 11 is 1.76. The van der Waals surface area contributed by atoms with Gasteiger partial charge in [0.2, 0.25) is 0 Å². The highest BCUT2D eigenvalue weighted by Gasteiger charge is 2.19. The molecule has 136 valence electrons. The summed E-state index contributed by atoms with van der Waals surface area (Å²) in [7, 11) is 1.84. The smallest absolute Gasteiger partial charge is 0.191 e. The molecule has 1 aromatic heterocycles. The molecule has 1 aliphatic rings. The quantitative estimate of drug-likeness (QED) is 0.558. The van der Waals surface area contributed by atoms with Gasteiger partial charge < -0.3 is 10.6 Å². The van der Waals surface area contributed by atoms with Crippen LogP contribution in [0.2, 0.25) is 0 Å². The van der Waals surface area contributed by atoms with E-state index in [1.165, 1.54) is 42.9 Å². The zero-order valence-corrected chi connectivity index (χ0v) is 16.3. The number of hydrogen-bond donors (Lipinski definition) is 2. The Labute approximate surface area is 151 Å². The van der Waals surface area contributed by atoms with Gasteiger partial charge >= 0.3 is 0 Å². The van der Waals surface area contributed by atoms with Crippen LogP contribution >= 0.6 is 11.3 Å². The Morgan fingerprint density at radius 2 is 2.17 bits per heavy atom. The van der Waals surface area contributed by atoms with Gasteiger partial charge in [0, 0.05) is 44.5 Å². The number of aryl methyl sites for hydroxylation is 1. The third-order valence-electron chi connectivity index (χ3n) is 4.71. The molecule has 2 heterocycles. The fourth-order valence-corrected chi connectivity index (χ4v) is 4.07. The van der Waals surface area contributed by atoms with Gasteiger partial charge in [-0.1, -0.05) is 20.3 Å². The molecule has 1 unspecified atom stereocenters. The van der Waals surface area contributed by atoms with Crippen LogP contribution in [-0.4, -0.2) is 55.1 Å². The molecule has 1 saturated heterocycles. The first-order valence-electron chi connectivity index (χ1n) is 9.38. The number of nitrogens with zero attached hydrogens (tertiary/aromatic N) is 3. The molecule has 1 atom stereocenters. The van der Waals surface area contributed by atoms with Crippen LogP contribution in [0.1, 0.15) is 50.2 Å². The summed E-state index contributed by atoms with van der Waals surface area (Å²) in [5.41, 5.74) is 1.18. The van der Waals surface area contributed by atoms with E-state index in [-0.39, 0.29) is 0 Å². The maximum atomic E-state index is 4.60. The van der Waals surface area contributed by atoms with Crippen molar-refractivity contribution in [1.82, 2.24) is 20.5 Å². The van der Waals surface area contributed by atoms with E-state index >= 15 is 0 Å². The second-order valence-corrected chi connectivity index (χ2v) is 7.30. The first-order chi connectivity index (χ1) is 11.8. The van der Waals surface area contributed by atoms with Crippen molar-refractivity contribution in [3.05, 3.63) is 16.1 Å². The molecule has 0 spiro atoms. The maximum Gasteiger partial charge on any atom is 0.191 e.